The fraction of sp³-hybridized carbons (Fsp3) is 0.556. The third-order valence-corrected chi connectivity index (χ3v) is 5.98. The number of ether oxygens (including phenoxy) is 2. The number of hydrogen-bond acceptors (Lipinski definition) is 2. The molecule has 1 aliphatic rings. The predicted octanol–water partition coefficient (Wildman–Crippen LogP) is 7.51. The third kappa shape index (κ3) is 6.97. The monoisotopic (exact) mass is 394 g/mol. The molecule has 2 heteroatoms. The molecule has 3 rings (SSSR count). The van der Waals surface area contributed by atoms with Crippen molar-refractivity contribution in [3.63, 3.8) is 0 Å². The fourth-order valence-corrected chi connectivity index (χ4v) is 4.03. The van der Waals surface area contributed by atoms with Crippen molar-refractivity contribution >= 4 is 0 Å². The highest BCUT2D eigenvalue weighted by molar-refractivity contribution is 5.64. The molecule has 29 heavy (non-hydrogen) atoms. The first-order valence-corrected chi connectivity index (χ1v) is 11.7. The van der Waals surface area contributed by atoms with E-state index < -0.39 is 0 Å². The molecule has 0 spiro atoms. The van der Waals surface area contributed by atoms with Crippen LogP contribution in [0.2, 0.25) is 0 Å². The Balaban J connectivity index is 1.49. The van der Waals surface area contributed by atoms with Crippen LogP contribution in [0.1, 0.15) is 82.4 Å². The van der Waals surface area contributed by atoms with Gasteiger partial charge in [0, 0.05) is 0 Å². The van der Waals surface area contributed by atoms with Crippen LogP contribution in [0.15, 0.2) is 48.5 Å². The summed E-state index contributed by atoms with van der Waals surface area (Å²) in [4.78, 5) is 0. The van der Waals surface area contributed by atoms with Crippen LogP contribution in [-0.2, 0) is 15.9 Å². The second-order valence-electron chi connectivity index (χ2n) is 8.40. The Morgan fingerprint density at radius 1 is 0.690 bits per heavy atom. The van der Waals surface area contributed by atoms with Crippen LogP contribution < -0.4 is 0 Å². The number of benzene rings is 2. The van der Waals surface area contributed by atoms with Gasteiger partial charge >= 0.3 is 0 Å². The Bertz CT molecular complexity index is 681. The maximum atomic E-state index is 6.10. The van der Waals surface area contributed by atoms with Crippen LogP contribution in [0, 0.1) is 0 Å². The molecule has 1 saturated heterocycles. The topological polar surface area (TPSA) is 18.5 Å². The maximum absolute atomic E-state index is 6.10. The Labute approximate surface area is 177 Å². The minimum Gasteiger partial charge on any atom is -0.373 e. The van der Waals surface area contributed by atoms with Crippen LogP contribution in [0.5, 0.6) is 0 Å². The molecule has 2 aromatic carbocycles. The first-order chi connectivity index (χ1) is 14.3. The van der Waals surface area contributed by atoms with E-state index in [2.05, 4.69) is 62.4 Å². The van der Waals surface area contributed by atoms with E-state index in [1.807, 2.05) is 0 Å². The molecular weight excluding hydrogens is 356 g/mol. The number of hydrogen-bond donors (Lipinski definition) is 0. The lowest BCUT2D eigenvalue weighted by Gasteiger charge is -2.30. The minimum atomic E-state index is 0.0666. The highest BCUT2D eigenvalue weighted by Crippen LogP contribution is 2.27. The molecule has 2 nitrogen and oxygen atoms in total. The molecule has 1 fully saturated rings. The van der Waals surface area contributed by atoms with Crippen molar-refractivity contribution < 1.29 is 9.47 Å². The van der Waals surface area contributed by atoms with Gasteiger partial charge in [-0.05, 0) is 41.5 Å². The molecule has 0 amide bonds. The molecule has 158 valence electrons. The first kappa shape index (κ1) is 22.1. The van der Waals surface area contributed by atoms with Crippen LogP contribution >= 0.6 is 0 Å². The lowest BCUT2D eigenvalue weighted by Crippen LogP contribution is -2.31. The van der Waals surface area contributed by atoms with Gasteiger partial charge < -0.3 is 9.47 Å². The van der Waals surface area contributed by atoms with E-state index in [1.54, 1.807) is 0 Å². The van der Waals surface area contributed by atoms with Gasteiger partial charge in [0.15, 0.2) is 0 Å². The standard InChI is InChI=1S/C27H38O2/c1-3-5-7-9-10-22-12-14-23(15-13-22)24-16-18-25(19-17-24)27-21-28-26(20-29-27)11-8-6-4-2/h12-19,26-27H,3-11,20-21H2,1-2H3/t26-,27-/m0/s1. The zero-order valence-electron chi connectivity index (χ0n) is 18.4. The van der Waals surface area contributed by atoms with E-state index >= 15 is 0 Å². The molecule has 0 aromatic heterocycles. The smallest absolute Gasteiger partial charge is 0.106 e. The van der Waals surface area contributed by atoms with E-state index in [9.17, 15) is 0 Å². The van der Waals surface area contributed by atoms with Gasteiger partial charge in [-0.3, -0.25) is 0 Å². The minimum absolute atomic E-state index is 0.0666. The van der Waals surface area contributed by atoms with Gasteiger partial charge in [0.05, 0.1) is 19.3 Å². The summed E-state index contributed by atoms with van der Waals surface area (Å²) in [6, 6.07) is 17.9. The van der Waals surface area contributed by atoms with Gasteiger partial charge in [0.1, 0.15) is 6.10 Å². The molecule has 0 N–H and O–H groups in total. The van der Waals surface area contributed by atoms with E-state index in [4.69, 9.17) is 9.47 Å². The van der Waals surface area contributed by atoms with Crippen LogP contribution in [0.3, 0.4) is 0 Å². The number of aryl methyl sites for hydroxylation is 1. The molecule has 0 bridgehead atoms. The van der Waals surface area contributed by atoms with Crippen molar-refractivity contribution in [3.8, 4) is 11.1 Å². The average molecular weight is 395 g/mol. The van der Waals surface area contributed by atoms with Crippen molar-refractivity contribution in [3.05, 3.63) is 59.7 Å². The highest BCUT2D eigenvalue weighted by atomic mass is 16.6. The van der Waals surface area contributed by atoms with Crippen molar-refractivity contribution in [2.24, 2.45) is 0 Å². The highest BCUT2D eigenvalue weighted by Gasteiger charge is 2.23. The summed E-state index contributed by atoms with van der Waals surface area (Å²) in [5, 5.41) is 0. The second-order valence-corrected chi connectivity index (χ2v) is 8.40. The fourth-order valence-electron chi connectivity index (χ4n) is 4.03. The largest absolute Gasteiger partial charge is 0.373 e. The molecule has 0 radical (unpaired) electrons. The van der Waals surface area contributed by atoms with Gasteiger partial charge in [-0.25, -0.2) is 0 Å². The Kier molecular flexibility index (Phi) is 9.24. The third-order valence-electron chi connectivity index (χ3n) is 5.98. The second kappa shape index (κ2) is 12.1. The number of rotatable bonds is 11. The zero-order chi connectivity index (χ0) is 20.3. The number of unbranched alkanes of at least 4 members (excludes halogenated alkanes) is 5. The van der Waals surface area contributed by atoms with Crippen molar-refractivity contribution in [2.45, 2.75) is 83.8 Å². The van der Waals surface area contributed by atoms with E-state index in [0.29, 0.717) is 6.61 Å². The van der Waals surface area contributed by atoms with Crippen LogP contribution in [0.4, 0.5) is 0 Å². The van der Waals surface area contributed by atoms with Crippen LogP contribution in [-0.4, -0.2) is 19.3 Å². The molecule has 2 atom stereocenters. The van der Waals surface area contributed by atoms with Gasteiger partial charge in [-0.1, -0.05) is 101 Å². The Morgan fingerprint density at radius 2 is 1.34 bits per heavy atom. The summed E-state index contributed by atoms with van der Waals surface area (Å²) in [7, 11) is 0. The molecule has 1 heterocycles. The summed E-state index contributed by atoms with van der Waals surface area (Å²) in [5.41, 5.74) is 5.21. The van der Waals surface area contributed by atoms with Crippen molar-refractivity contribution in [2.75, 3.05) is 13.2 Å². The zero-order valence-corrected chi connectivity index (χ0v) is 18.4. The summed E-state index contributed by atoms with van der Waals surface area (Å²) in [6.07, 6.45) is 11.7. The predicted molar refractivity (Wildman–Crippen MR) is 122 cm³/mol. The molecular formula is C27H38O2. The summed E-state index contributed by atoms with van der Waals surface area (Å²) >= 11 is 0. The molecule has 1 aliphatic heterocycles. The molecule has 2 aromatic rings. The van der Waals surface area contributed by atoms with Crippen molar-refractivity contribution in [1.82, 2.24) is 0 Å². The van der Waals surface area contributed by atoms with Crippen LogP contribution in [0.25, 0.3) is 11.1 Å². The SMILES string of the molecule is CCCCCCc1ccc(-c2ccc([C@@H]3CO[C@@H](CCCCC)CO3)cc2)cc1. The summed E-state index contributed by atoms with van der Waals surface area (Å²) in [5.74, 6) is 0. The summed E-state index contributed by atoms with van der Waals surface area (Å²) < 4.78 is 12.1. The normalized spacial score (nSPS) is 19.4. The molecule has 0 unspecified atom stereocenters. The molecule has 0 aliphatic carbocycles. The average Bonchev–Trinajstić information content (AvgIpc) is 2.78. The Hall–Kier alpha value is -1.64. The quantitative estimate of drug-likeness (QED) is 0.367. The Morgan fingerprint density at radius 3 is 1.97 bits per heavy atom. The van der Waals surface area contributed by atoms with Gasteiger partial charge in [-0.2, -0.15) is 0 Å². The first-order valence-electron chi connectivity index (χ1n) is 11.7. The van der Waals surface area contributed by atoms with E-state index in [1.165, 1.54) is 73.6 Å². The van der Waals surface area contributed by atoms with Gasteiger partial charge in [0.2, 0.25) is 0 Å². The van der Waals surface area contributed by atoms with Gasteiger partial charge in [-0.15, -0.1) is 0 Å². The van der Waals surface area contributed by atoms with E-state index in [0.717, 1.165) is 13.0 Å². The maximum Gasteiger partial charge on any atom is 0.106 e. The molecule has 0 saturated carbocycles. The van der Waals surface area contributed by atoms with Crippen molar-refractivity contribution in [1.29, 1.82) is 0 Å². The van der Waals surface area contributed by atoms with E-state index in [-0.39, 0.29) is 12.2 Å². The lowest BCUT2D eigenvalue weighted by atomic mass is 9.99. The summed E-state index contributed by atoms with van der Waals surface area (Å²) in [6.45, 7) is 5.89. The van der Waals surface area contributed by atoms with Gasteiger partial charge in [0.25, 0.3) is 0 Å². The lowest BCUT2D eigenvalue weighted by molar-refractivity contribution is -0.137.